The van der Waals surface area contributed by atoms with Gasteiger partial charge in [-0.15, -0.1) is 24.0 Å². The number of nitrogens with one attached hydrogen (secondary N) is 2. The van der Waals surface area contributed by atoms with Gasteiger partial charge < -0.3 is 10.6 Å². The third-order valence-corrected chi connectivity index (χ3v) is 5.21. The summed E-state index contributed by atoms with van der Waals surface area (Å²) in [5, 5.41) is 6.47. The molecule has 0 bridgehead atoms. The van der Waals surface area contributed by atoms with Gasteiger partial charge >= 0.3 is 0 Å². The lowest BCUT2D eigenvalue weighted by Gasteiger charge is -2.11. The Morgan fingerprint density at radius 1 is 1.04 bits per heavy atom. The normalized spacial score (nSPS) is 11.7. The van der Waals surface area contributed by atoms with Crippen LogP contribution in [0.3, 0.4) is 0 Å². The van der Waals surface area contributed by atoms with E-state index in [4.69, 9.17) is 0 Å². The monoisotopic (exact) mass is 481 g/mol. The number of benzene rings is 1. The maximum atomic E-state index is 12.1. The predicted molar refractivity (Wildman–Crippen MR) is 117 cm³/mol. The van der Waals surface area contributed by atoms with E-state index in [1.165, 1.54) is 12.8 Å². The summed E-state index contributed by atoms with van der Waals surface area (Å²) >= 11 is 0. The molecule has 25 heavy (non-hydrogen) atoms. The zero-order valence-corrected chi connectivity index (χ0v) is 18.5. The SMILES string of the molecule is CCCCCNC(=NCCCS(=O)(=O)Cc1ccccc1)NCC.I. The van der Waals surface area contributed by atoms with Gasteiger partial charge in [0, 0.05) is 19.6 Å². The molecule has 7 heteroatoms. The molecule has 144 valence electrons. The number of nitrogens with zero attached hydrogens (tertiary/aromatic N) is 1. The van der Waals surface area contributed by atoms with E-state index in [1.54, 1.807) is 0 Å². The molecular formula is C18H32IN3O2S. The van der Waals surface area contributed by atoms with Gasteiger partial charge in [-0.3, -0.25) is 4.99 Å². The summed E-state index contributed by atoms with van der Waals surface area (Å²) in [6.45, 7) is 6.40. The van der Waals surface area contributed by atoms with Crippen LogP contribution in [0.1, 0.15) is 45.1 Å². The second kappa shape index (κ2) is 14.4. The highest BCUT2D eigenvalue weighted by molar-refractivity contribution is 14.0. The summed E-state index contributed by atoms with van der Waals surface area (Å²) in [7, 11) is -3.08. The van der Waals surface area contributed by atoms with Crippen molar-refractivity contribution < 1.29 is 8.42 Å². The Labute approximate surface area is 170 Å². The minimum Gasteiger partial charge on any atom is -0.357 e. The molecular weight excluding hydrogens is 449 g/mol. The zero-order valence-electron chi connectivity index (χ0n) is 15.3. The minimum atomic E-state index is -3.08. The molecule has 0 aliphatic rings. The summed E-state index contributed by atoms with van der Waals surface area (Å²) in [4.78, 5) is 4.45. The number of guanidine groups is 1. The Morgan fingerprint density at radius 3 is 2.40 bits per heavy atom. The van der Waals surface area contributed by atoms with E-state index in [2.05, 4.69) is 22.5 Å². The molecule has 0 aliphatic heterocycles. The molecule has 0 heterocycles. The number of aliphatic imine (C=N–C) groups is 1. The smallest absolute Gasteiger partial charge is 0.191 e. The van der Waals surface area contributed by atoms with Crippen LogP contribution in [-0.4, -0.2) is 39.8 Å². The van der Waals surface area contributed by atoms with E-state index in [-0.39, 0.29) is 35.5 Å². The molecule has 2 N–H and O–H groups in total. The topological polar surface area (TPSA) is 70.6 Å². The molecule has 0 unspecified atom stereocenters. The van der Waals surface area contributed by atoms with Crippen LogP contribution < -0.4 is 10.6 Å². The van der Waals surface area contributed by atoms with Gasteiger partial charge in [0.15, 0.2) is 15.8 Å². The number of halogens is 1. The Bertz CT molecular complexity index is 577. The number of rotatable bonds is 11. The van der Waals surface area contributed by atoms with E-state index >= 15 is 0 Å². The number of hydrogen-bond acceptors (Lipinski definition) is 3. The fourth-order valence-electron chi connectivity index (χ4n) is 2.30. The Hall–Kier alpha value is -0.830. The maximum absolute atomic E-state index is 12.1. The van der Waals surface area contributed by atoms with Gasteiger partial charge in [-0.25, -0.2) is 8.42 Å². The first-order valence-electron chi connectivity index (χ1n) is 8.84. The van der Waals surface area contributed by atoms with E-state index < -0.39 is 9.84 Å². The molecule has 1 aromatic carbocycles. The van der Waals surface area contributed by atoms with Crippen LogP contribution in [-0.2, 0) is 15.6 Å². The fraction of sp³-hybridized carbons (Fsp3) is 0.611. The van der Waals surface area contributed by atoms with Crippen molar-refractivity contribution in [3.05, 3.63) is 35.9 Å². The largest absolute Gasteiger partial charge is 0.357 e. The van der Waals surface area contributed by atoms with Crippen LogP contribution in [0.25, 0.3) is 0 Å². The van der Waals surface area contributed by atoms with E-state index in [0.717, 1.165) is 31.0 Å². The molecule has 0 aromatic heterocycles. The highest BCUT2D eigenvalue weighted by Crippen LogP contribution is 2.07. The fourth-order valence-corrected chi connectivity index (χ4v) is 3.71. The molecule has 0 spiro atoms. The van der Waals surface area contributed by atoms with Crippen LogP contribution in [0.5, 0.6) is 0 Å². The molecule has 0 atom stereocenters. The van der Waals surface area contributed by atoms with Crippen molar-refractivity contribution in [3.8, 4) is 0 Å². The van der Waals surface area contributed by atoms with Crippen LogP contribution in [0, 0.1) is 0 Å². The molecule has 0 radical (unpaired) electrons. The molecule has 1 rings (SSSR count). The predicted octanol–water partition coefficient (Wildman–Crippen LogP) is 3.35. The molecule has 0 saturated heterocycles. The van der Waals surface area contributed by atoms with Crippen molar-refractivity contribution in [3.63, 3.8) is 0 Å². The van der Waals surface area contributed by atoms with Gasteiger partial charge in [0.05, 0.1) is 11.5 Å². The van der Waals surface area contributed by atoms with E-state index in [0.29, 0.717) is 13.0 Å². The maximum Gasteiger partial charge on any atom is 0.191 e. The molecule has 5 nitrogen and oxygen atoms in total. The Balaban J connectivity index is 0.00000576. The average molecular weight is 481 g/mol. The standard InChI is InChI=1S/C18H31N3O2S.HI/c1-3-5-9-13-20-18(19-4-2)21-14-10-15-24(22,23)16-17-11-7-6-8-12-17;/h6-8,11-12H,3-5,9-10,13-16H2,1-2H3,(H2,19,20,21);1H. The highest BCUT2D eigenvalue weighted by Gasteiger charge is 2.11. The van der Waals surface area contributed by atoms with Gasteiger partial charge in [0.2, 0.25) is 0 Å². The summed E-state index contributed by atoms with van der Waals surface area (Å²) in [5.41, 5.74) is 0.840. The Morgan fingerprint density at radius 2 is 1.76 bits per heavy atom. The number of unbranched alkanes of at least 4 members (excludes halogenated alkanes) is 2. The highest BCUT2D eigenvalue weighted by atomic mass is 127. The first-order valence-corrected chi connectivity index (χ1v) is 10.7. The Kier molecular flexibility index (Phi) is 13.9. The quantitative estimate of drug-likeness (QED) is 0.220. The van der Waals surface area contributed by atoms with Gasteiger partial charge in [-0.05, 0) is 25.3 Å². The van der Waals surface area contributed by atoms with Crippen molar-refractivity contribution in [1.82, 2.24) is 10.6 Å². The lowest BCUT2D eigenvalue weighted by Crippen LogP contribution is -2.37. The molecule has 0 amide bonds. The lowest BCUT2D eigenvalue weighted by molar-refractivity contribution is 0.592. The number of hydrogen-bond donors (Lipinski definition) is 2. The molecule has 0 saturated carbocycles. The lowest BCUT2D eigenvalue weighted by atomic mass is 10.2. The second-order valence-electron chi connectivity index (χ2n) is 5.83. The summed E-state index contributed by atoms with van der Waals surface area (Å²) in [5.74, 6) is 1.04. The van der Waals surface area contributed by atoms with Crippen LogP contribution >= 0.6 is 24.0 Å². The first-order chi connectivity index (χ1) is 11.6. The van der Waals surface area contributed by atoms with E-state index in [1.807, 2.05) is 37.3 Å². The summed E-state index contributed by atoms with van der Waals surface area (Å²) in [6, 6.07) is 9.31. The van der Waals surface area contributed by atoms with Gasteiger partial charge in [-0.2, -0.15) is 0 Å². The number of sulfone groups is 1. The molecule has 0 fully saturated rings. The molecule has 0 aliphatic carbocycles. The average Bonchev–Trinajstić information content (AvgIpc) is 2.56. The summed E-state index contributed by atoms with van der Waals surface area (Å²) in [6.07, 6.45) is 4.05. The van der Waals surface area contributed by atoms with Crippen molar-refractivity contribution in [2.75, 3.05) is 25.4 Å². The second-order valence-corrected chi connectivity index (χ2v) is 8.01. The third kappa shape index (κ3) is 12.2. The van der Waals surface area contributed by atoms with E-state index in [9.17, 15) is 8.42 Å². The van der Waals surface area contributed by atoms with Crippen molar-refractivity contribution >= 4 is 39.8 Å². The van der Waals surface area contributed by atoms with Crippen molar-refractivity contribution in [2.45, 2.75) is 45.3 Å². The van der Waals surface area contributed by atoms with Crippen molar-refractivity contribution in [2.24, 2.45) is 4.99 Å². The van der Waals surface area contributed by atoms with Crippen LogP contribution in [0.2, 0.25) is 0 Å². The van der Waals surface area contributed by atoms with Gasteiger partial charge in [-0.1, -0.05) is 50.1 Å². The first kappa shape index (κ1) is 24.2. The molecule has 1 aromatic rings. The summed E-state index contributed by atoms with van der Waals surface area (Å²) < 4.78 is 24.3. The van der Waals surface area contributed by atoms with Gasteiger partial charge in [0.25, 0.3) is 0 Å². The zero-order chi connectivity index (χ0) is 17.7. The minimum absolute atomic E-state index is 0. The third-order valence-electron chi connectivity index (χ3n) is 3.53. The van der Waals surface area contributed by atoms with Crippen LogP contribution in [0.4, 0.5) is 0 Å². The van der Waals surface area contributed by atoms with Gasteiger partial charge in [0.1, 0.15) is 0 Å². The van der Waals surface area contributed by atoms with Crippen LogP contribution in [0.15, 0.2) is 35.3 Å². The van der Waals surface area contributed by atoms with Crippen molar-refractivity contribution in [1.29, 1.82) is 0 Å².